The lowest BCUT2D eigenvalue weighted by Gasteiger charge is -1.85. The van der Waals surface area contributed by atoms with Crippen LogP contribution >= 0.6 is 11.3 Å². The molecular weight excluding hydrogens is 216 g/mol. The van der Waals surface area contributed by atoms with Crippen molar-refractivity contribution in [2.75, 3.05) is 6.61 Å². The number of thiazole rings is 1. The van der Waals surface area contributed by atoms with Crippen molar-refractivity contribution < 1.29 is 9.63 Å². The van der Waals surface area contributed by atoms with Gasteiger partial charge >= 0.3 is 0 Å². The fourth-order valence-corrected chi connectivity index (χ4v) is 1.71. The molecule has 3 N–H and O–H groups in total. The lowest BCUT2D eigenvalue weighted by Crippen LogP contribution is -1.95. The average molecular weight is 226 g/mol. The summed E-state index contributed by atoms with van der Waals surface area (Å²) in [6.07, 6.45) is 0.386. The molecule has 0 aliphatic carbocycles. The Balaban J connectivity index is 2.21. The van der Waals surface area contributed by atoms with E-state index in [1.807, 2.05) is 5.38 Å². The molecule has 0 fully saturated rings. The van der Waals surface area contributed by atoms with E-state index in [4.69, 9.17) is 15.4 Å². The van der Waals surface area contributed by atoms with Crippen LogP contribution in [0.25, 0.3) is 11.6 Å². The highest BCUT2D eigenvalue weighted by molar-refractivity contribution is 7.09. The zero-order valence-corrected chi connectivity index (χ0v) is 8.70. The molecule has 0 amide bonds. The van der Waals surface area contributed by atoms with E-state index in [-0.39, 0.29) is 6.61 Å². The fourth-order valence-electron chi connectivity index (χ4n) is 1.06. The van der Waals surface area contributed by atoms with Crippen LogP contribution in [0.3, 0.4) is 0 Å². The molecule has 2 aromatic rings. The van der Waals surface area contributed by atoms with Crippen molar-refractivity contribution in [1.82, 2.24) is 15.1 Å². The number of nitrogens with zero attached hydrogens (tertiary/aromatic N) is 3. The van der Waals surface area contributed by atoms with Crippen molar-refractivity contribution in [3.8, 4) is 11.6 Å². The lowest BCUT2D eigenvalue weighted by molar-refractivity contribution is 0.293. The molecule has 0 aliphatic rings. The molecule has 0 saturated carbocycles. The minimum atomic E-state index is 0.00406. The fraction of sp³-hybridized carbons (Fsp3) is 0.375. The van der Waals surface area contributed by atoms with E-state index < -0.39 is 0 Å². The van der Waals surface area contributed by atoms with Crippen LogP contribution in [0.4, 0.5) is 0 Å². The standard InChI is InChI=1S/C8H10N4O2S/c9-3-7-10-5(4-15-7)8-11-6(1-2-13)12-14-8/h4,13H,1-3,9H2. The third kappa shape index (κ3) is 2.20. The first kappa shape index (κ1) is 10.2. The van der Waals surface area contributed by atoms with Crippen molar-refractivity contribution in [2.45, 2.75) is 13.0 Å². The van der Waals surface area contributed by atoms with Gasteiger partial charge in [-0.25, -0.2) is 4.98 Å². The molecule has 0 aliphatic heterocycles. The lowest BCUT2D eigenvalue weighted by atomic mass is 10.4. The van der Waals surface area contributed by atoms with E-state index in [2.05, 4.69) is 15.1 Å². The molecule has 0 aromatic carbocycles. The third-order valence-corrected chi connectivity index (χ3v) is 2.62. The highest BCUT2D eigenvalue weighted by Gasteiger charge is 2.11. The SMILES string of the molecule is NCc1nc(-c2nc(CCO)no2)cs1. The highest BCUT2D eigenvalue weighted by atomic mass is 32.1. The van der Waals surface area contributed by atoms with Crippen molar-refractivity contribution >= 4 is 11.3 Å². The van der Waals surface area contributed by atoms with Gasteiger partial charge in [0, 0.05) is 18.3 Å². The molecule has 15 heavy (non-hydrogen) atoms. The van der Waals surface area contributed by atoms with Gasteiger partial charge in [0.05, 0.1) is 6.61 Å². The monoisotopic (exact) mass is 226 g/mol. The molecule has 0 saturated heterocycles. The second kappa shape index (κ2) is 4.47. The number of aliphatic hydroxyl groups excluding tert-OH is 1. The Morgan fingerprint density at radius 3 is 3.00 bits per heavy atom. The van der Waals surface area contributed by atoms with Gasteiger partial charge in [0.2, 0.25) is 0 Å². The minimum Gasteiger partial charge on any atom is -0.396 e. The van der Waals surface area contributed by atoms with Gasteiger partial charge in [-0.3, -0.25) is 0 Å². The van der Waals surface area contributed by atoms with E-state index >= 15 is 0 Å². The average Bonchev–Trinajstić information content (AvgIpc) is 2.85. The normalized spacial score (nSPS) is 10.8. The van der Waals surface area contributed by atoms with E-state index in [0.717, 1.165) is 5.01 Å². The second-order valence-electron chi connectivity index (χ2n) is 2.82. The molecular formula is C8H10N4O2S. The summed E-state index contributed by atoms with van der Waals surface area (Å²) in [4.78, 5) is 8.29. The van der Waals surface area contributed by atoms with Crippen LogP contribution in [0.1, 0.15) is 10.8 Å². The largest absolute Gasteiger partial charge is 0.396 e. The van der Waals surface area contributed by atoms with Crippen molar-refractivity contribution in [1.29, 1.82) is 0 Å². The predicted octanol–water partition coefficient (Wildman–Crippen LogP) is 0.187. The molecule has 2 aromatic heterocycles. The van der Waals surface area contributed by atoms with Crippen molar-refractivity contribution in [3.63, 3.8) is 0 Å². The van der Waals surface area contributed by atoms with Crippen LogP contribution in [0.2, 0.25) is 0 Å². The highest BCUT2D eigenvalue weighted by Crippen LogP contribution is 2.19. The van der Waals surface area contributed by atoms with Crippen LogP contribution in [0.15, 0.2) is 9.90 Å². The zero-order valence-electron chi connectivity index (χ0n) is 7.88. The van der Waals surface area contributed by atoms with Crippen LogP contribution in [0.5, 0.6) is 0 Å². The molecule has 0 bridgehead atoms. The number of aliphatic hydroxyl groups is 1. The number of hydrogen-bond donors (Lipinski definition) is 2. The van der Waals surface area contributed by atoms with Crippen LogP contribution in [-0.4, -0.2) is 26.8 Å². The Kier molecular flexibility index (Phi) is 3.05. The maximum absolute atomic E-state index is 8.69. The molecule has 2 heterocycles. The quantitative estimate of drug-likeness (QED) is 0.772. The first-order chi connectivity index (χ1) is 7.33. The first-order valence-corrected chi connectivity index (χ1v) is 5.29. The van der Waals surface area contributed by atoms with Crippen LogP contribution in [0, 0.1) is 0 Å². The van der Waals surface area contributed by atoms with Gasteiger partial charge in [-0.05, 0) is 0 Å². The molecule has 0 atom stereocenters. The Bertz CT molecular complexity index is 439. The summed E-state index contributed by atoms with van der Waals surface area (Å²) in [6, 6.07) is 0. The van der Waals surface area contributed by atoms with Gasteiger partial charge in [-0.15, -0.1) is 11.3 Å². The van der Waals surface area contributed by atoms with Gasteiger partial charge in [0.1, 0.15) is 10.7 Å². The van der Waals surface area contributed by atoms with E-state index in [1.165, 1.54) is 11.3 Å². The molecule has 0 unspecified atom stereocenters. The van der Waals surface area contributed by atoms with E-state index in [1.54, 1.807) is 0 Å². The van der Waals surface area contributed by atoms with E-state index in [0.29, 0.717) is 30.4 Å². The van der Waals surface area contributed by atoms with Crippen molar-refractivity contribution in [3.05, 3.63) is 16.2 Å². The summed E-state index contributed by atoms with van der Waals surface area (Å²) in [6.45, 7) is 0.409. The molecule has 7 heteroatoms. The molecule has 0 spiro atoms. The Morgan fingerprint density at radius 2 is 2.33 bits per heavy atom. The summed E-state index contributed by atoms with van der Waals surface area (Å²) in [5.74, 6) is 0.851. The van der Waals surface area contributed by atoms with Gasteiger partial charge in [-0.2, -0.15) is 4.98 Å². The Hall–Kier alpha value is -1.31. The summed E-state index contributed by atoms with van der Waals surface area (Å²) in [5.41, 5.74) is 6.08. The second-order valence-corrected chi connectivity index (χ2v) is 3.76. The van der Waals surface area contributed by atoms with Crippen LogP contribution < -0.4 is 5.73 Å². The molecule has 0 radical (unpaired) electrons. The van der Waals surface area contributed by atoms with Gasteiger partial charge < -0.3 is 15.4 Å². The smallest absolute Gasteiger partial charge is 0.277 e. The number of rotatable bonds is 4. The predicted molar refractivity (Wildman–Crippen MR) is 54.1 cm³/mol. The Morgan fingerprint density at radius 1 is 1.47 bits per heavy atom. The van der Waals surface area contributed by atoms with Crippen molar-refractivity contribution in [2.24, 2.45) is 5.73 Å². The molecule has 2 rings (SSSR count). The number of aromatic nitrogens is 3. The zero-order chi connectivity index (χ0) is 10.7. The van der Waals surface area contributed by atoms with Gasteiger partial charge in [-0.1, -0.05) is 5.16 Å². The van der Waals surface area contributed by atoms with E-state index in [9.17, 15) is 0 Å². The number of hydrogen-bond acceptors (Lipinski definition) is 7. The molecule has 6 nitrogen and oxygen atoms in total. The summed E-state index contributed by atoms with van der Waals surface area (Å²) >= 11 is 1.45. The van der Waals surface area contributed by atoms with Crippen LogP contribution in [-0.2, 0) is 13.0 Å². The topological polar surface area (TPSA) is 98.1 Å². The maximum Gasteiger partial charge on any atom is 0.277 e. The Labute approximate surface area is 89.8 Å². The summed E-state index contributed by atoms with van der Waals surface area (Å²) < 4.78 is 4.99. The summed E-state index contributed by atoms with van der Waals surface area (Å²) in [7, 11) is 0. The number of nitrogens with two attached hydrogens (primary N) is 1. The molecule has 80 valence electrons. The summed E-state index contributed by atoms with van der Waals surface area (Å²) in [5, 5.41) is 15.0. The third-order valence-electron chi connectivity index (χ3n) is 1.75. The maximum atomic E-state index is 8.69. The minimum absolute atomic E-state index is 0.00406. The van der Waals surface area contributed by atoms with Gasteiger partial charge in [0.25, 0.3) is 5.89 Å². The first-order valence-electron chi connectivity index (χ1n) is 4.41. The van der Waals surface area contributed by atoms with Gasteiger partial charge in [0.15, 0.2) is 5.82 Å².